The zero-order valence-corrected chi connectivity index (χ0v) is 16.5. The molecule has 3 rings (SSSR count). The molecule has 0 saturated carbocycles. The van der Waals surface area contributed by atoms with Crippen LogP contribution in [0.4, 0.5) is 0 Å². The largest absolute Gasteiger partial charge is 0.355 e. The van der Waals surface area contributed by atoms with Gasteiger partial charge in [-0.1, -0.05) is 53.8 Å². The molecule has 0 atom stereocenters. The summed E-state index contributed by atoms with van der Waals surface area (Å²) in [6.07, 6.45) is 12.1. The van der Waals surface area contributed by atoms with E-state index in [2.05, 4.69) is 45.6 Å². The SMILES string of the molecule is Cc1ccccc1/C=C/c1nc(SCC(=O)NCCC2=CCCCC2)n[nH]1. The molecule has 0 unspecified atom stereocenters. The van der Waals surface area contributed by atoms with Gasteiger partial charge in [0, 0.05) is 6.54 Å². The first-order chi connectivity index (χ1) is 13.2. The van der Waals surface area contributed by atoms with E-state index in [-0.39, 0.29) is 5.91 Å². The van der Waals surface area contributed by atoms with E-state index in [0.29, 0.717) is 23.3 Å². The maximum absolute atomic E-state index is 12.0. The lowest BCUT2D eigenvalue weighted by Gasteiger charge is -2.12. The fourth-order valence-electron chi connectivity index (χ4n) is 3.02. The Balaban J connectivity index is 1.40. The second-order valence-electron chi connectivity index (χ2n) is 6.69. The Morgan fingerprint density at radius 1 is 1.30 bits per heavy atom. The van der Waals surface area contributed by atoms with Gasteiger partial charge < -0.3 is 5.32 Å². The van der Waals surface area contributed by atoms with Gasteiger partial charge in [0.2, 0.25) is 11.1 Å². The van der Waals surface area contributed by atoms with Gasteiger partial charge in [0.1, 0.15) is 5.82 Å². The minimum atomic E-state index is 0.0261. The monoisotopic (exact) mass is 382 g/mol. The number of amides is 1. The average Bonchev–Trinajstić information content (AvgIpc) is 3.14. The molecule has 0 spiro atoms. The minimum absolute atomic E-state index is 0.0261. The number of aromatic nitrogens is 3. The smallest absolute Gasteiger partial charge is 0.230 e. The summed E-state index contributed by atoms with van der Waals surface area (Å²) in [6.45, 7) is 2.79. The second kappa shape index (κ2) is 10.1. The fourth-order valence-corrected chi connectivity index (χ4v) is 3.65. The zero-order valence-electron chi connectivity index (χ0n) is 15.7. The quantitative estimate of drug-likeness (QED) is 0.525. The van der Waals surface area contributed by atoms with Crippen LogP contribution in [-0.4, -0.2) is 33.4 Å². The zero-order chi connectivity index (χ0) is 18.9. The molecular weight excluding hydrogens is 356 g/mol. The van der Waals surface area contributed by atoms with Crippen molar-refractivity contribution in [3.63, 3.8) is 0 Å². The maximum atomic E-state index is 12.0. The van der Waals surface area contributed by atoms with Crippen LogP contribution in [0.5, 0.6) is 0 Å². The molecule has 0 fully saturated rings. The lowest BCUT2D eigenvalue weighted by atomic mass is 9.97. The van der Waals surface area contributed by atoms with Gasteiger partial charge in [0.05, 0.1) is 5.75 Å². The number of H-pyrrole nitrogens is 1. The van der Waals surface area contributed by atoms with Crippen LogP contribution < -0.4 is 5.32 Å². The molecule has 1 aromatic heterocycles. The van der Waals surface area contributed by atoms with E-state index in [1.54, 1.807) is 0 Å². The molecule has 0 radical (unpaired) electrons. The maximum Gasteiger partial charge on any atom is 0.230 e. The molecule has 27 heavy (non-hydrogen) atoms. The number of hydrogen-bond donors (Lipinski definition) is 2. The molecule has 1 amide bonds. The van der Waals surface area contributed by atoms with Gasteiger partial charge >= 0.3 is 0 Å². The van der Waals surface area contributed by atoms with Gasteiger partial charge in [0.25, 0.3) is 0 Å². The third-order valence-electron chi connectivity index (χ3n) is 4.58. The Hall–Kier alpha value is -2.34. The van der Waals surface area contributed by atoms with Crippen molar-refractivity contribution in [2.75, 3.05) is 12.3 Å². The molecule has 6 heteroatoms. The van der Waals surface area contributed by atoms with E-state index in [9.17, 15) is 4.79 Å². The number of aryl methyl sites for hydroxylation is 1. The number of nitrogens with zero attached hydrogens (tertiary/aromatic N) is 2. The summed E-state index contributed by atoms with van der Waals surface area (Å²) in [5, 5.41) is 10.6. The summed E-state index contributed by atoms with van der Waals surface area (Å²) < 4.78 is 0. The van der Waals surface area contributed by atoms with E-state index in [1.807, 2.05) is 24.3 Å². The third kappa shape index (κ3) is 6.40. The highest BCUT2D eigenvalue weighted by molar-refractivity contribution is 7.99. The number of thioether (sulfide) groups is 1. The molecule has 2 aromatic rings. The van der Waals surface area contributed by atoms with Gasteiger partial charge in [-0.2, -0.15) is 0 Å². The Labute approximate surface area is 164 Å². The summed E-state index contributed by atoms with van der Waals surface area (Å²) in [6, 6.07) is 8.17. The summed E-state index contributed by atoms with van der Waals surface area (Å²) in [5.74, 6) is 1.04. The fraction of sp³-hybridized carbons (Fsp3) is 0.381. The highest BCUT2D eigenvalue weighted by atomic mass is 32.2. The molecule has 1 aliphatic carbocycles. The Morgan fingerprint density at radius 3 is 3.00 bits per heavy atom. The van der Waals surface area contributed by atoms with Crippen LogP contribution in [-0.2, 0) is 4.79 Å². The lowest BCUT2D eigenvalue weighted by molar-refractivity contribution is -0.118. The molecule has 0 aliphatic heterocycles. The number of allylic oxidation sites excluding steroid dienone is 1. The number of hydrogen-bond acceptors (Lipinski definition) is 4. The number of benzene rings is 1. The normalized spacial score (nSPS) is 14.3. The number of aromatic amines is 1. The van der Waals surface area contributed by atoms with Crippen LogP contribution in [0.1, 0.15) is 49.1 Å². The average molecular weight is 383 g/mol. The Morgan fingerprint density at radius 2 is 2.19 bits per heavy atom. The summed E-state index contributed by atoms with van der Waals surface area (Å²) in [4.78, 5) is 16.4. The van der Waals surface area contributed by atoms with Crippen molar-refractivity contribution in [1.29, 1.82) is 0 Å². The lowest BCUT2D eigenvalue weighted by Crippen LogP contribution is -2.26. The number of carbonyl (C=O) groups is 1. The van der Waals surface area contributed by atoms with E-state index in [4.69, 9.17) is 0 Å². The molecule has 1 aliphatic rings. The van der Waals surface area contributed by atoms with Crippen molar-refractivity contribution in [3.05, 3.63) is 52.9 Å². The summed E-state index contributed by atoms with van der Waals surface area (Å²) in [5.41, 5.74) is 3.84. The number of rotatable bonds is 8. The molecule has 1 aromatic carbocycles. The van der Waals surface area contributed by atoms with Gasteiger partial charge in [-0.3, -0.25) is 9.89 Å². The summed E-state index contributed by atoms with van der Waals surface area (Å²) in [7, 11) is 0. The number of carbonyl (C=O) groups excluding carboxylic acids is 1. The van der Waals surface area contributed by atoms with Crippen molar-refractivity contribution in [3.8, 4) is 0 Å². The topological polar surface area (TPSA) is 70.7 Å². The van der Waals surface area contributed by atoms with Crippen LogP contribution >= 0.6 is 11.8 Å². The minimum Gasteiger partial charge on any atom is -0.355 e. The van der Waals surface area contributed by atoms with Crippen molar-refractivity contribution in [2.24, 2.45) is 0 Å². The molecule has 1 heterocycles. The third-order valence-corrected chi connectivity index (χ3v) is 5.42. The van der Waals surface area contributed by atoms with Crippen LogP contribution in [0.15, 0.2) is 41.1 Å². The molecule has 2 N–H and O–H groups in total. The Bertz CT molecular complexity index is 825. The van der Waals surface area contributed by atoms with Crippen molar-refractivity contribution in [2.45, 2.75) is 44.2 Å². The highest BCUT2D eigenvalue weighted by Gasteiger charge is 2.08. The first-order valence-electron chi connectivity index (χ1n) is 9.44. The molecular formula is C21H26N4OS. The predicted octanol–water partition coefficient (Wildman–Crippen LogP) is 4.38. The second-order valence-corrected chi connectivity index (χ2v) is 7.63. The van der Waals surface area contributed by atoms with Crippen LogP contribution in [0.25, 0.3) is 12.2 Å². The van der Waals surface area contributed by atoms with E-state index in [0.717, 1.165) is 12.0 Å². The highest BCUT2D eigenvalue weighted by Crippen LogP contribution is 2.19. The van der Waals surface area contributed by atoms with Crippen LogP contribution in [0, 0.1) is 6.92 Å². The van der Waals surface area contributed by atoms with Crippen molar-refractivity contribution < 1.29 is 4.79 Å². The standard InChI is InChI=1S/C21H26N4OS/c1-16-7-5-6-10-18(16)11-12-19-23-21(25-24-19)27-15-20(26)22-14-13-17-8-3-2-4-9-17/h5-8,10-12H,2-4,9,13-15H2,1H3,(H,22,26)(H,23,24,25)/b12-11+. The molecule has 0 saturated heterocycles. The first-order valence-corrected chi connectivity index (χ1v) is 10.4. The van der Waals surface area contributed by atoms with Gasteiger partial charge in [0.15, 0.2) is 0 Å². The van der Waals surface area contributed by atoms with Gasteiger partial charge in [-0.25, -0.2) is 4.98 Å². The van der Waals surface area contributed by atoms with E-state index < -0.39 is 0 Å². The van der Waals surface area contributed by atoms with Crippen LogP contribution in [0.2, 0.25) is 0 Å². The summed E-state index contributed by atoms with van der Waals surface area (Å²) >= 11 is 1.35. The van der Waals surface area contributed by atoms with Gasteiger partial charge in [-0.05, 0) is 56.2 Å². The van der Waals surface area contributed by atoms with Crippen molar-refractivity contribution >= 4 is 29.8 Å². The van der Waals surface area contributed by atoms with E-state index in [1.165, 1.54) is 48.6 Å². The molecule has 0 bridgehead atoms. The van der Waals surface area contributed by atoms with E-state index >= 15 is 0 Å². The van der Waals surface area contributed by atoms with Gasteiger partial charge in [-0.15, -0.1) is 5.10 Å². The van der Waals surface area contributed by atoms with Crippen molar-refractivity contribution in [1.82, 2.24) is 20.5 Å². The first kappa shape index (κ1) is 19.4. The molecule has 142 valence electrons. The van der Waals surface area contributed by atoms with Crippen LogP contribution in [0.3, 0.4) is 0 Å². The number of nitrogens with one attached hydrogen (secondary N) is 2. The molecule has 5 nitrogen and oxygen atoms in total. The Kier molecular flexibility index (Phi) is 7.27. The predicted molar refractivity (Wildman–Crippen MR) is 111 cm³/mol.